The standard InChI is InChI=1S/C15H26N2O3/c1-2-6-15(14(19)20)7-3-10-17(15)13(18)11-12-4-8-16-9-5-12/h12,16H,2-11H2,1H3,(H,19,20). The van der Waals surface area contributed by atoms with E-state index in [1.54, 1.807) is 4.90 Å². The highest BCUT2D eigenvalue weighted by Crippen LogP contribution is 2.35. The van der Waals surface area contributed by atoms with Crippen LogP contribution in [0.3, 0.4) is 0 Å². The van der Waals surface area contributed by atoms with Crippen molar-refractivity contribution < 1.29 is 14.7 Å². The smallest absolute Gasteiger partial charge is 0.329 e. The Balaban J connectivity index is 2.04. The van der Waals surface area contributed by atoms with Crippen LogP contribution in [-0.4, -0.2) is 47.1 Å². The average Bonchev–Trinajstić information content (AvgIpc) is 2.85. The molecule has 1 unspecified atom stereocenters. The van der Waals surface area contributed by atoms with Crippen molar-refractivity contribution in [1.29, 1.82) is 0 Å². The number of carboxylic acid groups (broad SMARTS) is 1. The van der Waals surface area contributed by atoms with E-state index in [-0.39, 0.29) is 5.91 Å². The first-order valence-electron chi connectivity index (χ1n) is 7.84. The summed E-state index contributed by atoms with van der Waals surface area (Å²) >= 11 is 0. The molecule has 0 radical (unpaired) electrons. The Morgan fingerprint density at radius 2 is 2.05 bits per heavy atom. The number of hydrogen-bond acceptors (Lipinski definition) is 3. The number of amides is 1. The van der Waals surface area contributed by atoms with Gasteiger partial charge in [-0.25, -0.2) is 4.79 Å². The van der Waals surface area contributed by atoms with Gasteiger partial charge < -0.3 is 15.3 Å². The Hall–Kier alpha value is -1.10. The van der Waals surface area contributed by atoms with Crippen LogP contribution < -0.4 is 5.32 Å². The molecule has 114 valence electrons. The van der Waals surface area contributed by atoms with E-state index in [4.69, 9.17) is 0 Å². The molecule has 1 atom stereocenters. The second-order valence-corrected chi connectivity index (χ2v) is 6.13. The van der Waals surface area contributed by atoms with Gasteiger partial charge in [0, 0.05) is 13.0 Å². The molecule has 2 heterocycles. The highest BCUT2D eigenvalue weighted by molar-refractivity contribution is 5.87. The van der Waals surface area contributed by atoms with E-state index in [0.29, 0.717) is 31.7 Å². The van der Waals surface area contributed by atoms with Crippen LogP contribution in [0.5, 0.6) is 0 Å². The van der Waals surface area contributed by atoms with Gasteiger partial charge in [0.2, 0.25) is 5.91 Å². The Bertz CT molecular complexity index is 366. The van der Waals surface area contributed by atoms with Crippen molar-refractivity contribution in [3.8, 4) is 0 Å². The van der Waals surface area contributed by atoms with Crippen molar-refractivity contribution >= 4 is 11.9 Å². The molecule has 2 fully saturated rings. The Labute approximate surface area is 120 Å². The van der Waals surface area contributed by atoms with E-state index >= 15 is 0 Å². The van der Waals surface area contributed by atoms with Crippen LogP contribution in [0.1, 0.15) is 51.9 Å². The van der Waals surface area contributed by atoms with Crippen molar-refractivity contribution in [2.24, 2.45) is 5.92 Å². The summed E-state index contributed by atoms with van der Waals surface area (Å²) in [6, 6.07) is 0. The number of aliphatic carboxylic acids is 1. The van der Waals surface area contributed by atoms with Crippen LogP contribution in [0, 0.1) is 5.92 Å². The van der Waals surface area contributed by atoms with Gasteiger partial charge in [-0.2, -0.15) is 0 Å². The van der Waals surface area contributed by atoms with Crippen LogP contribution >= 0.6 is 0 Å². The van der Waals surface area contributed by atoms with Crippen molar-refractivity contribution in [3.05, 3.63) is 0 Å². The summed E-state index contributed by atoms with van der Waals surface area (Å²) in [5, 5.41) is 12.9. The van der Waals surface area contributed by atoms with Crippen LogP contribution in [0.25, 0.3) is 0 Å². The molecule has 2 saturated heterocycles. The molecule has 20 heavy (non-hydrogen) atoms. The number of nitrogens with zero attached hydrogens (tertiary/aromatic N) is 1. The largest absolute Gasteiger partial charge is 0.479 e. The molecule has 5 nitrogen and oxygen atoms in total. The molecule has 0 saturated carbocycles. The second kappa shape index (κ2) is 6.57. The van der Waals surface area contributed by atoms with Crippen molar-refractivity contribution in [2.75, 3.05) is 19.6 Å². The van der Waals surface area contributed by atoms with E-state index in [0.717, 1.165) is 38.8 Å². The summed E-state index contributed by atoms with van der Waals surface area (Å²) < 4.78 is 0. The van der Waals surface area contributed by atoms with Gasteiger partial charge in [-0.15, -0.1) is 0 Å². The van der Waals surface area contributed by atoms with E-state index in [2.05, 4.69) is 5.32 Å². The summed E-state index contributed by atoms with van der Waals surface area (Å²) in [4.78, 5) is 25.9. The molecular weight excluding hydrogens is 256 g/mol. The molecule has 0 aromatic carbocycles. The van der Waals surface area contributed by atoms with Crippen LogP contribution in [0.4, 0.5) is 0 Å². The number of hydrogen-bond donors (Lipinski definition) is 2. The first kappa shape index (κ1) is 15.3. The lowest BCUT2D eigenvalue weighted by molar-refractivity contribution is -0.157. The number of nitrogens with one attached hydrogen (secondary N) is 1. The van der Waals surface area contributed by atoms with Crippen LogP contribution in [0.15, 0.2) is 0 Å². The fourth-order valence-electron chi connectivity index (χ4n) is 3.69. The van der Waals surface area contributed by atoms with Gasteiger partial charge in [-0.05, 0) is 51.1 Å². The summed E-state index contributed by atoms with van der Waals surface area (Å²) in [7, 11) is 0. The quantitative estimate of drug-likeness (QED) is 0.804. The predicted octanol–water partition coefficient (Wildman–Crippen LogP) is 1.62. The minimum Gasteiger partial charge on any atom is -0.479 e. The van der Waals surface area contributed by atoms with Crippen molar-refractivity contribution in [3.63, 3.8) is 0 Å². The maximum atomic E-state index is 12.6. The van der Waals surface area contributed by atoms with Crippen LogP contribution in [-0.2, 0) is 9.59 Å². The minimum absolute atomic E-state index is 0.0465. The van der Waals surface area contributed by atoms with Gasteiger partial charge in [-0.3, -0.25) is 4.79 Å². The summed E-state index contributed by atoms with van der Waals surface area (Å²) in [5.41, 5.74) is -0.932. The Kier molecular flexibility index (Phi) is 5.02. The fourth-order valence-corrected chi connectivity index (χ4v) is 3.69. The van der Waals surface area contributed by atoms with E-state index in [1.165, 1.54) is 0 Å². The topological polar surface area (TPSA) is 69.6 Å². The molecule has 2 N–H and O–H groups in total. The zero-order valence-corrected chi connectivity index (χ0v) is 12.4. The third-order valence-corrected chi connectivity index (χ3v) is 4.77. The minimum atomic E-state index is -0.932. The van der Waals surface area contributed by atoms with Gasteiger partial charge in [0.25, 0.3) is 0 Å². The molecule has 2 aliphatic heterocycles. The molecule has 5 heteroatoms. The van der Waals surface area contributed by atoms with Crippen LogP contribution in [0.2, 0.25) is 0 Å². The molecule has 2 rings (SSSR count). The number of likely N-dealkylation sites (tertiary alicyclic amines) is 1. The van der Waals surface area contributed by atoms with Crippen molar-refractivity contribution in [1.82, 2.24) is 10.2 Å². The fraction of sp³-hybridized carbons (Fsp3) is 0.867. The molecule has 0 aliphatic carbocycles. The highest BCUT2D eigenvalue weighted by Gasteiger charge is 2.49. The summed E-state index contributed by atoms with van der Waals surface area (Å²) in [6.07, 6.45) is 5.34. The first-order valence-corrected chi connectivity index (χ1v) is 7.84. The SMILES string of the molecule is CCCC1(C(=O)O)CCCN1C(=O)CC1CCNCC1. The molecule has 0 spiro atoms. The van der Waals surface area contributed by atoms with Gasteiger partial charge in [0.05, 0.1) is 0 Å². The lowest BCUT2D eigenvalue weighted by Crippen LogP contribution is -2.53. The molecule has 0 bridgehead atoms. The van der Waals surface area contributed by atoms with E-state index in [1.807, 2.05) is 6.92 Å². The van der Waals surface area contributed by atoms with Gasteiger partial charge >= 0.3 is 5.97 Å². The zero-order valence-electron chi connectivity index (χ0n) is 12.4. The normalized spacial score (nSPS) is 27.8. The molecule has 0 aromatic heterocycles. The number of carbonyl (C=O) groups is 2. The second-order valence-electron chi connectivity index (χ2n) is 6.13. The number of carboxylic acids is 1. The third kappa shape index (κ3) is 2.97. The maximum absolute atomic E-state index is 12.6. The first-order chi connectivity index (χ1) is 9.60. The predicted molar refractivity (Wildman–Crippen MR) is 76.4 cm³/mol. The molecular formula is C15H26N2O3. The lowest BCUT2D eigenvalue weighted by atomic mass is 9.89. The zero-order chi connectivity index (χ0) is 14.6. The van der Waals surface area contributed by atoms with E-state index < -0.39 is 11.5 Å². The molecule has 1 amide bonds. The Morgan fingerprint density at radius 3 is 2.65 bits per heavy atom. The third-order valence-electron chi connectivity index (χ3n) is 4.77. The number of piperidine rings is 1. The maximum Gasteiger partial charge on any atom is 0.329 e. The molecule has 0 aromatic rings. The van der Waals surface area contributed by atoms with Gasteiger partial charge in [0.15, 0.2) is 0 Å². The lowest BCUT2D eigenvalue weighted by Gasteiger charge is -2.36. The monoisotopic (exact) mass is 282 g/mol. The Morgan fingerprint density at radius 1 is 1.35 bits per heavy atom. The van der Waals surface area contributed by atoms with Gasteiger partial charge in [-0.1, -0.05) is 13.3 Å². The average molecular weight is 282 g/mol. The van der Waals surface area contributed by atoms with Crippen molar-refractivity contribution in [2.45, 2.75) is 57.4 Å². The highest BCUT2D eigenvalue weighted by atomic mass is 16.4. The number of rotatable bonds is 5. The number of carbonyl (C=O) groups excluding carboxylic acids is 1. The molecule has 2 aliphatic rings. The van der Waals surface area contributed by atoms with Gasteiger partial charge in [0.1, 0.15) is 5.54 Å². The van der Waals surface area contributed by atoms with E-state index in [9.17, 15) is 14.7 Å². The summed E-state index contributed by atoms with van der Waals surface area (Å²) in [5.74, 6) is -0.363. The summed E-state index contributed by atoms with van der Waals surface area (Å²) in [6.45, 7) is 4.53.